The van der Waals surface area contributed by atoms with Gasteiger partial charge in [-0.1, -0.05) is 62.2 Å². The number of carbonyl (C=O) groups is 3. The van der Waals surface area contributed by atoms with Crippen molar-refractivity contribution >= 4 is 40.7 Å². The molecular formula is C34H37N3O5. The molecule has 0 radical (unpaired) electrons. The van der Waals surface area contributed by atoms with Crippen LogP contribution in [0.1, 0.15) is 74.4 Å². The van der Waals surface area contributed by atoms with Gasteiger partial charge in [0, 0.05) is 24.2 Å². The highest BCUT2D eigenvalue weighted by Gasteiger charge is 2.48. The molecule has 8 nitrogen and oxygen atoms in total. The Bertz CT molecular complexity index is 1520. The maximum Gasteiger partial charge on any atom is 0.344 e. The van der Waals surface area contributed by atoms with Crippen molar-refractivity contribution in [3.63, 3.8) is 0 Å². The van der Waals surface area contributed by atoms with Gasteiger partial charge in [-0.2, -0.15) is 0 Å². The summed E-state index contributed by atoms with van der Waals surface area (Å²) in [5.41, 5.74) is 3.93. The summed E-state index contributed by atoms with van der Waals surface area (Å²) >= 11 is 0. The molecule has 0 aliphatic carbocycles. The molecule has 218 valence electrons. The van der Waals surface area contributed by atoms with Gasteiger partial charge in [-0.15, -0.1) is 0 Å². The van der Waals surface area contributed by atoms with Crippen LogP contribution in [0, 0.1) is 0 Å². The number of anilines is 3. The number of hydrogen-bond donors (Lipinski definition) is 0. The van der Waals surface area contributed by atoms with Gasteiger partial charge in [0.25, 0.3) is 5.91 Å². The zero-order chi connectivity index (χ0) is 29.2. The van der Waals surface area contributed by atoms with Gasteiger partial charge in [0.1, 0.15) is 11.6 Å². The molecular weight excluding hydrogens is 530 g/mol. The average molecular weight is 568 g/mol. The molecule has 3 aliphatic rings. The third kappa shape index (κ3) is 4.78. The number of hydrogen-bond acceptors (Lipinski definition) is 7. The van der Waals surface area contributed by atoms with Crippen LogP contribution >= 0.6 is 0 Å². The number of methoxy groups -OCH3 is 1. The number of amides is 2. The van der Waals surface area contributed by atoms with Crippen LogP contribution in [0.5, 0.6) is 0 Å². The molecule has 2 amide bonds. The molecule has 0 bridgehead atoms. The molecule has 6 rings (SSSR count). The number of unbranched alkanes of at least 4 members (excludes halogenated alkanes) is 3. The number of piperidine rings is 1. The lowest BCUT2D eigenvalue weighted by atomic mass is 9.91. The van der Waals surface area contributed by atoms with Crippen LogP contribution < -0.4 is 14.7 Å². The molecule has 0 spiro atoms. The Morgan fingerprint density at radius 1 is 1.00 bits per heavy atom. The molecule has 42 heavy (non-hydrogen) atoms. The zero-order valence-electron chi connectivity index (χ0n) is 24.3. The zero-order valence-corrected chi connectivity index (χ0v) is 24.3. The fraction of sp³-hybridized carbons (Fsp3) is 0.382. The van der Waals surface area contributed by atoms with E-state index in [-0.39, 0.29) is 18.2 Å². The fourth-order valence-electron chi connectivity index (χ4n) is 6.43. The number of carbonyl (C=O) groups excluding carboxylic acids is 3. The molecule has 0 N–H and O–H groups in total. The second-order valence-corrected chi connectivity index (χ2v) is 11.1. The maximum atomic E-state index is 14.1. The van der Waals surface area contributed by atoms with Crippen molar-refractivity contribution in [1.29, 1.82) is 0 Å². The Morgan fingerprint density at radius 2 is 1.74 bits per heavy atom. The highest BCUT2D eigenvalue weighted by molar-refractivity contribution is 6.25. The number of benzene rings is 2. The third-order valence-corrected chi connectivity index (χ3v) is 8.44. The predicted octanol–water partition coefficient (Wildman–Crippen LogP) is 6.80. The van der Waals surface area contributed by atoms with Crippen molar-refractivity contribution in [1.82, 2.24) is 0 Å². The number of allylic oxidation sites excluding steroid dienone is 1. The first-order valence-electron chi connectivity index (χ1n) is 15.1. The lowest BCUT2D eigenvalue weighted by Crippen LogP contribution is -2.42. The van der Waals surface area contributed by atoms with E-state index in [4.69, 9.17) is 9.15 Å². The smallest absolute Gasteiger partial charge is 0.344 e. The highest BCUT2D eigenvalue weighted by Crippen LogP contribution is 2.52. The quantitative estimate of drug-likeness (QED) is 0.168. The number of nitrogens with zero attached hydrogens (tertiary/aromatic N) is 3. The van der Waals surface area contributed by atoms with Gasteiger partial charge < -0.3 is 19.0 Å². The number of rotatable bonds is 8. The first-order valence-corrected chi connectivity index (χ1v) is 15.1. The molecule has 1 aromatic heterocycles. The topological polar surface area (TPSA) is 83.3 Å². The van der Waals surface area contributed by atoms with Crippen molar-refractivity contribution in [2.24, 2.45) is 0 Å². The van der Waals surface area contributed by atoms with E-state index in [0.717, 1.165) is 69.3 Å². The summed E-state index contributed by atoms with van der Waals surface area (Å²) in [4.78, 5) is 46.2. The average Bonchev–Trinajstić information content (AvgIpc) is 3.57. The molecule has 1 unspecified atom stereocenters. The fourth-order valence-corrected chi connectivity index (χ4v) is 6.43. The molecule has 8 heteroatoms. The van der Waals surface area contributed by atoms with Crippen LogP contribution in [0.4, 0.5) is 17.3 Å². The summed E-state index contributed by atoms with van der Waals surface area (Å²) in [6.45, 7) is 3.74. The first-order chi connectivity index (χ1) is 20.5. The molecule has 0 saturated carbocycles. The van der Waals surface area contributed by atoms with E-state index in [1.807, 2.05) is 47.4 Å². The van der Waals surface area contributed by atoms with Gasteiger partial charge in [0.05, 0.1) is 30.6 Å². The minimum absolute atomic E-state index is 0.0350. The standard InChI is InChI=1S/C34H37N3O5/c1-3-4-5-10-19-26-31-29(30(34(40)41-2)33(42-31)35-20-13-7-14-21-35)24-17-11-12-18-25(24)37(26)27-22-28(38)36(32(27)39)23-15-8-6-9-16-23/h6,8-9,11-12,15-19,27H,3-5,7,10,13-14,20-22H2,1-2H3/b26-19-. The number of furan rings is 1. The lowest BCUT2D eigenvalue weighted by Gasteiger charge is -2.36. The first kappa shape index (κ1) is 27.8. The third-order valence-electron chi connectivity index (χ3n) is 8.44. The summed E-state index contributed by atoms with van der Waals surface area (Å²) in [7, 11) is 1.39. The van der Waals surface area contributed by atoms with E-state index in [0.29, 0.717) is 34.2 Å². The van der Waals surface area contributed by atoms with E-state index in [1.165, 1.54) is 12.0 Å². The highest BCUT2D eigenvalue weighted by atomic mass is 16.5. The van der Waals surface area contributed by atoms with E-state index >= 15 is 0 Å². The van der Waals surface area contributed by atoms with Gasteiger partial charge in [-0.3, -0.25) is 9.59 Å². The molecule has 2 fully saturated rings. The minimum Gasteiger partial charge on any atom is -0.465 e. The van der Waals surface area contributed by atoms with Crippen LogP contribution in [0.25, 0.3) is 16.8 Å². The second-order valence-electron chi connectivity index (χ2n) is 11.1. The Labute approximate surface area is 246 Å². The van der Waals surface area contributed by atoms with Crippen molar-refractivity contribution < 1.29 is 23.5 Å². The lowest BCUT2D eigenvalue weighted by molar-refractivity contribution is -0.121. The number of ether oxygens (including phenoxy) is 1. The normalized spacial score (nSPS) is 19.3. The second kappa shape index (κ2) is 11.9. The van der Waals surface area contributed by atoms with Crippen LogP contribution in [0.2, 0.25) is 0 Å². The van der Waals surface area contributed by atoms with Crippen LogP contribution in [-0.4, -0.2) is 44.0 Å². The van der Waals surface area contributed by atoms with Crippen LogP contribution in [0.3, 0.4) is 0 Å². The molecule has 1 atom stereocenters. The Balaban J connectivity index is 1.53. The Morgan fingerprint density at radius 3 is 2.48 bits per heavy atom. The summed E-state index contributed by atoms with van der Waals surface area (Å²) in [5, 5.41) is 0. The van der Waals surface area contributed by atoms with E-state index < -0.39 is 12.0 Å². The summed E-state index contributed by atoms with van der Waals surface area (Å²) < 4.78 is 12.0. The minimum atomic E-state index is -0.755. The predicted molar refractivity (Wildman–Crippen MR) is 163 cm³/mol. The van der Waals surface area contributed by atoms with Gasteiger partial charge in [-0.05, 0) is 50.3 Å². The summed E-state index contributed by atoms with van der Waals surface area (Å²) in [5.74, 6) is 0.0944. The maximum absolute atomic E-state index is 14.1. The molecule has 2 aromatic carbocycles. The van der Waals surface area contributed by atoms with E-state index in [9.17, 15) is 14.4 Å². The van der Waals surface area contributed by atoms with Crippen molar-refractivity contribution in [2.45, 2.75) is 64.3 Å². The number of para-hydroxylation sites is 2. The van der Waals surface area contributed by atoms with Gasteiger partial charge in [0.2, 0.25) is 11.8 Å². The molecule has 3 aromatic rings. The number of imide groups is 1. The monoisotopic (exact) mass is 567 g/mol. The van der Waals surface area contributed by atoms with Gasteiger partial charge >= 0.3 is 5.97 Å². The molecule has 3 aliphatic heterocycles. The van der Waals surface area contributed by atoms with Crippen molar-refractivity contribution in [2.75, 3.05) is 34.9 Å². The van der Waals surface area contributed by atoms with Crippen LogP contribution in [-0.2, 0) is 14.3 Å². The van der Waals surface area contributed by atoms with Crippen molar-refractivity contribution in [3.05, 3.63) is 72.0 Å². The molecule has 2 saturated heterocycles. The van der Waals surface area contributed by atoms with Crippen LogP contribution in [0.15, 0.2) is 65.1 Å². The number of fused-ring (bicyclic) bond motifs is 3. The molecule has 4 heterocycles. The van der Waals surface area contributed by atoms with E-state index in [2.05, 4.69) is 17.9 Å². The number of esters is 1. The SMILES string of the molecule is CCCCC/C=C1/c2oc(N3CCCCC3)c(C(=O)OC)c2-c2ccccc2N1C1CC(=O)N(c2ccccc2)C1=O. The Hall–Kier alpha value is -4.33. The summed E-state index contributed by atoms with van der Waals surface area (Å²) in [6.07, 6.45) is 9.21. The van der Waals surface area contributed by atoms with E-state index in [1.54, 1.807) is 12.1 Å². The largest absolute Gasteiger partial charge is 0.465 e. The summed E-state index contributed by atoms with van der Waals surface area (Å²) in [6, 6.07) is 16.1. The van der Waals surface area contributed by atoms with Gasteiger partial charge in [-0.25, -0.2) is 9.69 Å². The van der Waals surface area contributed by atoms with Crippen molar-refractivity contribution in [3.8, 4) is 11.1 Å². The van der Waals surface area contributed by atoms with Gasteiger partial charge in [0.15, 0.2) is 5.76 Å². The Kier molecular flexibility index (Phi) is 7.87.